The minimum Gasteiger partial charge on any atom is -0.490 e. The molecule has 2 nitrogen and oxygen atoms in total. The molecule has 0 amide bonds. The zero-order chi connectivity index (χ0) is 14.9. The van der Waals surface area contributed by atoms with Crippen molar-refractivity contribution in [2.45, 2.75) is 43.8 Å². The molecule has 2 heterocycles. The van der Waals surface area contributed by atoms with E-state index < -0.39 is 0 Å². The second-order valence-electron chi connectivity index (χ2n) is 5.91. The van der Waals surface area contributed by atoms with Crippen molar-refractivity contribution in [1.82, 2.24) is 0 Å². The minimum absolute atomic E-state index is 0.0536. The van der Waals surface area contributed by atoms with E-state index in [0.717, 1.165) is 53.0 Å². The average molecular weight is 392 g/mol. The summed E-state index contributed by atoms with van der Waals surface area (Å²) in [4.78, 5) is 0. The van der Waals surface area contributed by atoms with Gasteiger partial charge in [-0.3, -0.25) is 0 Å². The second kappa shape index (κ2) is 6.69. The summed E-state index contributed by atoms with van der Waals surface area (Å²) in [6.07, 6.45) is 3.35. The van der Waals surface area contributed by atoms with Gasteiger partial charge in [-0.15, -0.1) is 11.6 Å². The first kappa shape index (κ1) is 16.0. The van der Waals surface area contributed by atoms with Crippen molar-refractivity contribution in [2.75, 3.05) is 18.1 Å². The maximum absolute atomic E-state index is 6.36. The number of alkyl halides is 1. The van der Waals surface area contributed by atoms with Crippen LogP contribution in [0.25, 0.3) is 0 Å². The van der Waals surface area contributed by atoms with Crippen LogP contribution >= 0.6 is 39.3 Å². The Balaban J connectivity index is 1.77. The highest BCUT2D eigenvalue weighted by Crippen LogP contribution is 2.40. The normalized spacial score (nSPS) is 29.0. The lowest BCUT2D eigenvalue weighted by Crippen LogP contribution is -2.44. The summed E-state index contributed by atoms with van der Waals surface area (Å²) in [6, 6.07) is 4.14. The third kappa shape index (κ3) is 3.54. The molecule has 1 aromatic carbocycles. The molecule has 21 heavy (non-hydrogen) atoms. The Morgan fingerprint density at radius 1 is 1.52 bits per heavy atom. The lowest BCUT2D eigenvalue weighted by molar-refractivity contribution is -0.0961. The Hall–Kier alpha value is 0.1000. The zero-order valence-electron chi connectivity index (χ0n) is 12.2. The van der Waals surface area contributed by atoms with Gasteiger partial charge in [0.15, 0.2) is 0 Å². The maximum atomic E-state index is 6.36. The van der Waals surface area contributed by atoms with Gasteiger partial charge in [-0.05, 0) is 36.8 Å². The Morgan fingerprint density at radius 2 is 2.38 bits per heavy atom. The van der Waals surface area contributed by atoms with Crippen LogP contribution in [0.1, 0.15) is 30.4 Å². The summed E-state index contributed by atoms with van der Waals surface area (Å²) in [7, 11) is 0. The van der Waals surface area contributed by atoms with Gasteiger partial charge in [-0.1, -0.05) is 15.9 Å². The fourth-order valence-corrected chi connectivity index (χ4v) is 5.38. The van der Waals surface area contributed by atoms with E-state index in [1.807, 2.05) is 11.8 Å². The average Bonchev–Trinajstić information content (AvgIpc) is 2.89. The van der Waals surface area contributed by atoms with Crippen LogP contribution in [0, 0.1) is 6.92 Å². The standard InChI is InChI=1S/C16H20BrClO2S/c1-11-6-13(17)7-12(9-18)15(11)20-14-2-4-19-16(8-14)3-5-21-10-16/h6-7,14H,2-5,8-10H2,1H3. The van der Waals surface area contributed by atoms with E-state index in [-0.39, 0.29) is 11.7 Å². The smallest absolute Gasteiger partial charge is 0.127 e. The van der Waals surface area contributed by atoms with E-state index >= 15 is 0 Å². The minimum atomic E-state index is 0.0536. The topological polar surface area (TPSA) is 18.5 Å². The van der Waals surface area contributed by atoms with Crippen LogP contribution in [-0.4, -0.2) is 29.8 Å². The SMILES string of the molecule is Cc1cc(Br)cc(CCl)c1OC1CCOC2(CCSC2)C1. The molecule has 2 aliphatic heterocycles. The first-order valence-corrected chi connectivity index (χ1v) is 9.83. The van der Waals surface area contributed by atoms with Crippen molar-refractivity contribution in [2.24, 2.45) is 0 Å². The zero-order valence-corrected chi connectivity index (χ0v) is 15.3. The van der Waals surface area contributed by atoms with Gasteiger partial charge < -0.3 is 9.47 Å². The molecule has 2 atom stereocenters. The number of halogens is 2. The van der Waals surface area contributed by atoms with Crippen molar-refractivity contribution in [3.05, 3.63) is 27.7 Å². The molecule has 0 N–H and O–H groups in total. The maximum Gasteiger partial charge on any atom is 0.127 e. The van der Waals surface area contributed by atoms with E-state index in [2.05, 4.69) is 35.0 Å². The Kier molecular flexibility index (Phi) is 5.09. The van der Waals surface area contributed by atoms with Crippen LogP contribution in [-0.2, 0) is 10.6 Å². The number of thioether (sulfide) groups is 1. The summed E-state index contributed by atoms with van der Waals surface area (Å²) in [5.41, 5.74) is 2.25. The number of rotatable bonds is 3. The molecule has 2 unspecified atom stereocenters. The fourth-order valence-electron chi connectivity index (χ4n) is 3.18. The molecule has 116 valence electrons. The molecular formula is C16H20BrClO2S. The largest absolute Gasteiger partial charge is 0.490 e. The van der Waals surface area contributed by atoms with Gasteiger partial charge in [0.1, 0.15) is 11.9 Å². The first-order chi connectivity index (χ1) is 10.1. The molecule has 0 saturated carbocycles. The molecule has 2 saturated heterocycles. The predicted octanol–water partition coefficient (Wildman–Crippen LogP) is 4.93. The van der Waals surface area contributed by atoms with Gasteiger partial charge in [0.2, 0.25) is 0 Å². The molecule has 0 aromatic heterocycles. The number of benzene rings is 1. The van der Waals surface area contributed by atoms with Gasteiger partial charge in [0, 0.05) is 28.6 Å². The van der Waals surface area contributed by atoms with Crippen molar-refractivity contribution in [3.8, 4) is 5.75 Å². The Bertz CT molecular complexity index is 517. The molecule has 2 aliphatic rings. The lowest BCUT2D eigenvalue weighted by Gasteiger charge is -2.38. The van der Waals surface area contributed by atoms with Gasteiger partial charge in [0.05, 0.1) is 18.1 Å². The summed E-state index contributed by atoms with van der Waals surface area (Å²) < 4.78 is 13.5. The molecule has 0 radical (unpaired) electrons. The monoisotopic (exact) mass is 390 g/mol. The third-order valence-electron chi connectivity index (χ3n) is 4.26. The van der Waals surface area contributed by atoms with Gasteiger partial charge in [0.25, 0.3) is 0 Å². The quantitative estimate of drug-likeness (QED) is 0.681. The van der Waals surface area contributed by atoms with Crippen molar-refractivity contribution < 1.29 is 9.47 Å². The highest BCUT2D eigenvalue weighted by Gasteiger charge is 2.41. The predicted molar refractivity (Wildman–Crippen MR) is 92.7 cm³/mol. The summed E-state index contributed by atoms with van der Waals surface area (Å²) in [5.74, 6) is 3.74. The number of hydrogen-bond donors (Lipinski definition) is 0. The van der Waals surface area contributed by atoms with Gasteiger partial charge in [-0.25, -0.2) is 0 Å². The molecule has 0 bridgehead atoms. The van der Waals surface area contributed by atoms with Crippen LogP contribution in [0.15, 0.2) is 16.6 Å². The van der Waals surface area contributed by atoms with Crippen molar-refractivity contribution >= 4 is 39.3 Å². The molecule has 5 heteroatoms. The Morgan fingerprint density at radius 3 is 3.10 bits per heavy atom. The van der Waals surface area contributed by atoms with Crippen LogP contribution in [0.5, 0.6) is 5.75 Å². The number of aryl methyl sites for hydroxylation is 1. The molecule has 2 fully saturated rings. The van der Waals surface area contributed by atoms with E-state index in [1.165, 1.54) is 5.75 Å². The summed E-state index contributed by atoms with van der Waals surface area (Å²) in [6.45, 7) is 2.88. The fraction of sp³-hybridized carbons (Fsp3) is 0.625. The summed E-state index contributed by atoms with van der Waals surface area (Å²) in [5, 5.41) is 0. The van der Waals surface area contributed by atoms with Crippen LogP contribution in [0.2, 0.25) is 0 Å². The van der Waals surface area contributed by atoms with Gasteiger partial charge in [-0.2, -0.15) is 11.8 Å². The van der Waals surface area contributed by atoms with Crippen LogP contribution in [0.3, 0.4) is 0 Å². The van der Waals surface area contributed by atoms with Crippen molar-refractivity contribution in [3.63, 3.8) is 0 Å². The van der Waals surface area contributed by atoms with Crippen molar-refractivity contribution in [1.29, 1.82) is 0 Å². The van der Waals surface area contributed by atoms with E-state index in [1.54, 1.807) is 0 Å². The Labute approximate surface area is 144 Å². The van der Waals surface area contributed by atoms with Crippen LogP contribution in [0.4, 0.5) is 0 Å². The second-order valence-corrected chi connectivity index (χ2v) is 8.20. The van der Waals surface area contributed by atoms with E-state index in [4.69, 9.17) is 21.1 Å². The first-order valence-electron chi connectivity index (χ1n) is 7.35. The van der Waals surface area contributed by atoms with E-state index in [9.17, 15) is 0 Å². The highest BCUT2D eigenvalue weighted by molar-refractivity contribution is 9.10. The number of ether oxygens (including phenoxy) is 2. The molecule has 1 spiro atoms. The van der Waals surface area contributed by atoms with Crippen LogP contribution < -0.4 is 4.74 Å². The molecular weight excluding hydrogens is 372 g/mol. The summed E-state index contributed by atoms with van der Waals surface area (Å²) >= 11 is 11.6. The number of hydrogen-bond acceptors (Lipinski definition) is 3. The molecule has 1 aromatic rings. The lowest BCUT2D eigenvalue weighted by atomic mass is 9.91. The molecule has 3 rings (SSSR count). The van der Waals surface area contributed by atoms with E-state index in [0.29, 0.717) is 5.88 Å². The highest BCUT2D eigenvalue weighted by atomic mass is 79.9. The third-order valence-corrected chi connectivity index (χ3v) is 6.23. The molecule has 0 aliphatic carbocycles. The van der Waals surface area contributed by atoms with Gasteiger partial charge >= 0.3 is 0 Å².